The van der Waals surface area contributed by atoms with Crippen LogP contribution in [0.2, 0.25) is 0 Å². The second-order valence-electron chi connectivity index (χ2n) is 9.51. The molecular formula is C27H27F4N5O3S2. The summed E-state index contributed by atoms with van der Waals surface area (Å²) in [7, 11) is -2.18. The molecule has 0 saturated carbocycles. The minimum Gasteiger partial charge on any atom is -0.477 e. The number of thiophene rings is 1. The van der Waals surface area contributed by atoms with Crippen LogP contribution >= 0.6 is 11.3 Å². The monoisotopic (exact) mass is 609 g/mol. The number of alkyl halides is 4. The molecule has 218 valence electrons. The molecule has 2 atom stereocenters. The van der Waals surface area contributed by atoms with Crippen molar-refractivity contribution in [2.75, 3.05) is 43.9 Å². The largest absolute Gasteiger partial charge is 0.477 e. The van der Waals surface area contributed by atoms with Gasteiger partial charge < -0.3 is 20.3 Å². The van der Waals surface area contributed by atoms with Crippen LogP contribution in [-0.2, 0) is 16.4 Å². The lowest BCUT2D eigenvalue weighted by atomic mass is 10.0. The maximum atomic E-state index is 14.7. The zero-order chi connectivity index (χ0) is 29.8. The molecule has 2 unspecified atom stereocenters. The Labute approximate surface area is 239 Å². The molecule has 8 nitrogen and oxygen atoms in total. The van der Waals surface area contributed by atoms with Crippen LogP contribution in [0.15, 0.2) is 41.3 Å². The summed E-state index contributed by atoms with van der Waals surface area (Å²) in [4.78, 5) is 1.91. The van der Waals surface area contributed by atoms with Gasteiger partial charge in [0.05, 0.1) is 44.9 Å². The van der Waals surface area contributed by atoms with Crippen LogP contribution in [0, 0.1) is 23.2 Å². The molecule has 1 fully saturated rings. The Balaban J connectivity index is 1.61. The summed E-state index contributed by atoms with van der Waals surface area (Å²) in [5.41, 5.74) is 0.928. The molecule has 14 heteroatoms. The predicted octanol–water partition coefficient (Wildman–Crippen LogP) is 4.47. The van der Waals surface area contributed by atoms with Gasteiger partial charge in [0.15, 0.2) is 6.61 Å². The fourth-order valence-electron chi connectivity index (χ4n) is 4.50. The summed E-state index contributed by atoms with van der Waals surface area (Å²) < 4.78 is 84.5. The number of nitriles is 1. The fraction of sp³-hybridized carbons (Fsp3) is 0.370. The Bertz CT molecular complexity index is 1620. The molecule has 4 N–H and O–H groups in total. The highest BCUT2D eigenvalue weighted by Gasteiger charge is 2.32. The van der Waals surface area contributed by atoms with Gasteiger partial charge in [-0.05, 0) is 42.6 Å². The van der Waals surface area contributed by atoms with Crippen LogP contribution < -0.4 is 20.5 Å². The molecule has 3 aromatic rings. The van der Waals surface area contributed by atoms with E-state index in [4.69, 9.17) is 15.1 Å². The van der Waals surface area contributed by atoms with E-state index in [2.05, 4.69) is 22.5 Å². The third-order valence-corrected chi connectivity index (χ3v) is 8.53. The summed E-state index contributed by atoms with van der Waals surface area (Å²) in [6.45, 7) is 0.598. The van der Waals surface area contributed by atoms with Gasteiger partial charge in [0.2, 0.25) is 10.0 Å². The topological polar surface area (TPSA) is 120 Å². The molecule has 0 amide bonds. The van der Waals surface area contributed by atoms with Gasteiger partial charge in [-0.15, -0.1) is 11.3 Å². The van der Waals surface area contributed by atoms with Crippen LogP contribution in [0.25, 0.3) is 10.1 Å². The summed E-state index contributed by atoms with van der Waals surface area (Å²) in [6.07, 6.45) is -6.20. The number of rotatable bonds is 8. The zero-order valence-corrected chi connectivity index (χ0v) is 23.5. The number of benzene rings is 2. The molecule has 0 radical (unpaired) electrons. The average Bonchev–Trinajstić information content (AvgIpc) is 3.23. The Morgan fingerprint density at radius 2 is 2.02 bits per heavy atom. The van der Waals surface area contributed by atoms with E-state index in [9.17, 15) is 26.0 Å². The number of piperidine rings is 1. The Morgan fingerprint density at radius 3 is 2.71 bits per heavy atom. The van der Waals surface area contributed by atoms with E-state index in [0.29, 0.717) is 34.4 Å². The highest BCUT2D eigenvalue weighted by molar-refractivity contribution is 7.89. The molecule has 41 heavy (non-hydrogen) atoms. The maximum absolute atomic E-state index is 14.7. The molecule has 1 aliphatic heterocycles. The Hall–Kier alpha value is -3.56. The first-order valence-corrected chi connectivity index (χ1v) is 14.8. The number of anilines is 2. The summed E-state index contributed by atoms with van der Waals surface area (Å²) in [5, 5.41) is 20.5. The molecular weight excluding hydrogens is 582 g/mol. The van der Waals surface area contributed by atoms with Crippen LogP contribution in [-0.4, -0.2) is 65.0 Å². The smallest absolute Gasteiger partial charge is 0.393 e. The van der Waals surface area contributed by atoms with Gasteiger partial charge in [-0.3, -0.25) is 0 Å². The van der Waals surface area contributed by atoms with Crippen molar-refractivity contribution in [1.82, 2.24) is 4.90 Å². The first-order valence-electron chi connectivity index (χ1n) is 12.5. The van der Waals surface area contributed by atoms with E-state index in [1.54, 1.807) is 24.3 Å². The molecule has 1 saturated heterocycles. The minimum atomic E-state index is -4.47. The number of nitrogens with zero attached hydrogens (tertiary/aromatic N) is 2. The third kappa shape index (κ3) is 7.80. The van der Waals surface area contributed by atoms with Crippen molar-refractivity contribution < 1.29 is 30.7 Å². The molecule has 1 aliphatic rings. The third-order valence-electron chi connectivity index (χ3n) is 6.42. The standard InChI is InChI=1S/C27H27F4N5O3S2/c1-36-12-9-21(20(28)16-36)35-23-5-2-4-18-19(15-27(29,30)31)25(40-26(18)23)6-3-11-34-22-8-7-17(41(33,37)38)14-24(22)39-13-10-32/h2,4-5,7-8,14,20-21,34-35H,9,11-13,15-16H2,1H3,(H2,33,37,38). The van der Waals surface area contributed by atoms with Gasteiger partial charge in [0, 0.05) is 19.2 Å². The maximum Gasteiger partial charge on any atom is 0.393 e. The Kier molecular flexibility index (Phi) is 9.29. The van der Waals surface area contributed by atoms with Gasteiger partial charge in [-0.2, -0.15) is 18.4 Å². The highest BCUT2D eigenvalue weighted by Crippen LogP contribution is 2.39. The number of nitrogens with one attached hydrogen (secondary N) is 2. The van der Waals surface area contributed by atoms with E-state index >= 15 is 0 Å². The number of likely N-dealkylation sites (tertiary alicyclic amines) is 1. The number of hydrogen-bond acceptors (Lipinski definition) is 8. The molecule has 0 aliphatic carbocycles. The second kappa shape index (κ2) is 12.5. The lowest BCUT2D eigenvalue weighted by Gasteiger charge is -2.33. The fourth-order valence-corrected chi connectivity index (χ4v) is 6.20. The van der Waals surface area contributed by atoms with Gasteiger partial charge in [-0.25, -0.2) is 17.9 Å². The van der Waals surface area contributed by atoms with Crippen LogP contribution in [0.4, 0.5) is 28.9 Å². The molecule has 0 bridgehead atoms. The van der Waals surface area contributed by atoms with Gasteiger partial charge in [0.1, 0.15) is 18.0 Å². The number of hydrogen-bond donors (Lipinski definition) is 3. The van der Waals surface area contributed by atoms with Crippen LogP contribution in [0.1, 0.15) is 16.9 Å². The number of ether oxygens (including phenoxy) is 1. The average molecular weight is 610 g/mol. The zero-order valence-electron chi connectivity index (χ0n) is 21.9. The van der Waals surface area contributed by atoms with Crippen molar-refractivity contribution in [3.8, 4) is 23.7 Å². The number of nitrogens with two attached hydrogens (primary N) is 1. The van der Waals surface area contributed by atoms with Gasteiger partial charge in [0.25, 0.3) is 0 Å². The predicted molar refractivity (Wildman–Crippen MR) is 150 cm³/mol. The van der Waals surface area contributed by atoms with E-state index in [1.165, 1.54) is 12.1 Å². The number of sulfonamides is 1. The summed E-state index contributed by atoms with van der Waals surface area (Å²) >= 11 is 1.11. The first kappa shape index (κ1) is 30.4. The second-order valence-corrected chi connectivity index (χ2v) is 12.1. The number of primary sulfonamides is 1. The number of halogens is 4. The van der Waals surface area contributed by atoms with Crippen LogP contribution in [0.5, 0.6) is 5.75 Å². The van der Waals surface area contributed by atoms with Crippen molar-refractivity contribution in [3.05, 3.63) is 46.8 Å². The molecule has 2 aromatic carbocycles. The van der Waals surface area contributed by atoms with Gasteiger partial charge >= 0.3 is 6.18 Å². The van der Waals surface area contributed by atoms with Crippen molar-refractivity contribution in [1.29, 1.82) is 5.26 Å². The van der Waals surface area contributed by atoms with Crippen molar-refractivity contribution >= 4 is 42.8 Å². The van der Waals surface area contributed by atoms with Gasteiger partial charge in [-0.1, -0.05) is 24.0 Å². The molecule has 0 spiro atoms. The normalized spacial score (nSPS) is 17.9. The Morgan fingerprint density at radius 1 is 1.24 bits per heavy atom. The summed E-state index contributed by atoms with van der Waals surface area (Å²) in [6, 6.07) is 10.1. The molecule has 1 aromatic heterocycles. The SMILES string of the molecule is CN1CCC(Nc2cccc3c(CC(F)(F)F)c(C#CCNc4ccc(S(N)(=O)=O)cc4OCC#N)sc23)C(F)C1. The van der Waals surface area contributed by atoms with E-state index in [0.717, 1.165) is 17.4 Å². The number of fused-ring (bicyclic) bond motifs is 1. The lowest BCUT2D eigenvalue weighted by Crippen LogP contribution is -2.46. The van der Waals surface area contributed by atoms with E-state index < -0.39 is 34.8 Å². The minimum absolute atomic E-state index is 0.0262. The molecule has 2 heterocycles. The van der Waals surface area contributed by atoms with Crippen LogP contribution in [0.3, 0.4) is 0 Å². The van der Waals surface area contributed by atoms with Crippen molar-refractivity contribution in [2.45, 2.75) is 36.1 Å². The highest BCUT2D eigenvalue weighted by atomic mass is 32.2. The summed E-state index contributed by atoms with van der Waals surface area (Å²) in [5.74, 6) is 5.69. The van der Waals surface area contributed by atoms with E-state index in [-0.39, 0.29) is 40.8 Å². The lowest BCUT2D eigenvalue weighted by molar-refractivity contribution is -0.126. The van der Waals surface area contributed by atoms with Crippen molar-refractivity contribution in [2.24, 2.45) is 5.14 Å². The van der Waals surface area contributed by atoms with E-state index in [1.807, 2.05) is 11.9 Å². The quantitative estimate of drug-likeness (QED) is 0.255. The van der Waals surface area contributed by atoms with Crippen molar-refractivity contribution in [3.63, 3.8) is 0 Å². The first-order chi connectivity index (χ1) is 19.4. The molecule has 4 rings (SSSR count).